The summed E-state index contributed by atoms with van der Waals surface area (Å²) in [6.45, 7) is 0.434. The lowest BCUT2D eigenvalue weighted by atomic mass is 9.90. The second-order valence-electron chi connectivity index (χ2n) is 8.58. The average molecular weight is 471 g/mol. The van der Waals surface area contributed by atoms with E-state index in [1.807, 2.05) is 35.9 Å². The Labute approximate surface area is 202 Å². The van der Waals surface area contributed by atoms with Crippen LogP contribution >= 0.6 is 0 Å². The van der Waals surface area contributed by atoms with E-state index < -0.39 is 0 Å². The van der Waals surface area contributed by atoms with Crippen LogP contribution in [0.5, 0.6) is 0 Å². The van der Waals surface area contributed by atoms with E-state index in [9.17, 15) is 9.59 Å². The number of hydrogen-bond acceptors (Lipinski definition) is 7. The van der Waals surface area contributed by atoms with Gasteiger partial charge < -0.3 is 19.8 Å². The van der Waals surface area contributed by atoms with Gasteiger partial charge in [0.15, 0.2) is 11.6 Å². The highest BCUT2D eigenvalue weighted by Gasteiger charge is 2.24. The summed E-state index contributed by atoms with van der Waals surface area (Å²) < 4.78 is 3.56. The summed E-state index contributed by atoms with van der Waals surface area (Å²) in [6.07, 6.45) is 5.75. The fraction of sp³-hybridized carbons (Fsp3) is 0.280. The average Bonchev–Trinajstić information content (AvgIpc) is 3.26. The fourth-order valence-electron chi connectivity index (χ4n) is 4.46. The van der Waals surface area contributed by atoms with E-state index in [-0.39, 0.29) is 17.5 Å². The minimum atomic E-state index is -0.148. The molecular formula is C25H26N8O2. The van der Waals surface area contributed by atoms with Crippen molar-refractivity contribution in [3.05, 3.63) is 88.0 Å². The van der Waals surface area contributed by atoms with E-state index in [4.69, 9.17) is 0 Å². The largest absolute Gasteiger partial charge is 0.378 e. The summed E-state index contributed by atoms with van der Waals surface area (Å²) >= 11 is 0. The van der Waals surface area contributed by atoms with Crippen molar-refractivity contribution in [2.24, 2.45) is 14.1 Å². The van der Waals surface area contributed by atoms with Gasteiger partial charge in [0.05, 0.1) is 12.6 Å². The lowest BCUT2D eigenvalue weighted by molar-refractivity contribution is 0.0932. The van der Waals surface area contributed by atoms with Crippen molar-refractivity contribution < 1.29 is 4.79 Å². The molecule has 0 saturated carbocycles. The molecule has 0 spiro atoms. The maximum Gasteiger partial charge on any atom is 0.251 e. The monoisotopic (exact) mass is 470 g/mol. The van der Waals surface area contributed by atoms with Crippen molar-refractivity contribution in [3.8, 4) is 11.5 Å². The van der Waals surface area contributed by atoms with Crippen LogP contribution in [0.3, 0.4) is 0 Å². The number of amides is 1. The van der Waals surface area contributed by atoms with E-state index in [0.717, 1.165) is 42.0 Å². The molecule has 3 aromatic heterocycles. The summed E-state index contributed by atoms with van der Waals surface area (Å²) in [7, 11) is 3.67. The summed E-state index contributed by atoms with van der Waals surface area (Å²) in [5, 5.41) is 15.0. The van der Waals surface area contributed by atoms with Crippen molar-refractivity contribution in [2.75, 3.05) is 5.32 Å². The van der Waals surface area contributed by atoms with Crippen LogP contribution in [0.15, 0.2) is 59.8 Å². The zero-order valence-electron chi connectivity index (χ0n) is 19.6. The normalized spacial score (nSPS) is 14.9. The molecular weight excluding hydrogens is 444 g/mol. The quantitative estimate of drug-likeness (QED) is 0.444. The Morgan fingerprint density at radius 1 is 1.11 bits per heavy atom. The number of pyridine rings is 1. The first kappa shape index (κ1) is 22.5. The number of nitrogens with zero attached hydrogens (tertiary/aromatic N) is 6. The summed E-state index contributed by atoms with van der Waals surface area (Å²) in [5.74, 6) is 1.24. The van der Waals surface area contributed by atoms with Gasteiger partial charge in [-0.05, 0) is 55.2 Å². The van der Waals surface area contributed by atoms with E-state index in [2.05, 4.69) is 30.8 Å². The molecule has 0 fully saturated rings. The molecule has 35 heavy (non-hydrogen) atoms. The van der Waals surface area contributed by atoms with E-state index >= 15 is 0 Å². The number of carbonyl (C=O) groups is 1. The highest BCUT2D eigenvalue weighted by Crippen LogP contribution is 2.29. The second kappa shape index (κ2) is 9.49. The van der Waals surface area contributed by atoms with Crippen LogP contribution in [0.25, 0.3) is 11.5 Å². The molecule has 10 heteroatoms. The van der Waals surface area contributed by atoms with Gasteiger partial charge in [-0.3, -0.25) is 9.59 Å². The van der Waals surface area contributed by atoms with Crippen LogP contribution in [0, 0.1) is 0 Å². The molecule has 1 aliphatic rings. The van der Waals surface area contributed by atoms with Gasteiger partial charge in [-0.15, -0.1) is 10.2 Å². The van der Waals surface area contributed by atoms with Crippen molar-refractivity contribution >= 4 is 11.6 Å². The molecule has 5 rings (SSSR count). The molecule has 1 unspecified atom stereocenters. The van der Waals surface area contributed by atoms with E-state index in [0.29, 0.717) is 23.6 Å². The molecule has 1 aromatic carbocycles. The third kappa shape index (κ3) is 4.54. The predicted molar refractivity (Wildman–Crippen MR) is 131 cm³/mol. The number of fused-ring (bicyclic) bond motifs is 1. The van der Waals surface area contributed by atoms with Gasteiger partial charge in [0.2, 0.25) is 5.56 Å². The first-order valence-corrected chi connectivity index (χ1v) is 11.5. The minimum absolute atomic E-state index is 0.0263. The van der Waals surface area contributed by atoms with Crippen LogP contribution in [-0.4, -0.2) is 35.2 Å². The van der Waals surface area contributed by atoms with Crippen LogP contribution in [0.2, 0.25) is 0 Å². The van der Waals surface area contributed by atoms with E-state index in [1.165, 1.54) is 6.33 Å². The number of carbonyl (C=O) groups excluding carboxylic acids is 1. The molecule has 2 N–H and O–H groups in total. The maximum atomic E-state index is 13.1. The highest BCUT2D eigenvalue weighted by atomic mass is 16.1. The van der Waals surface area contributed by atoms with Crippen molar-refractivity contribution in [1.29, 1.82) is 0 Å². The molecule has 1 amide bonds. The lowest BCUT2D eigenvalue weighted by Crippen LogP contribution is -2.34. The topological polar surface area (TPSA) is 120 Å². The highest BCUT2D eigenvalue weighted by molar-refractivity contribution is 5.95. The van der Waals surface area contributed by atoms with Gasteiger partial charge in [0, 0.05) is 43.3 Å². The summed E-state index contributed by atoms with van der Waals surface area (Å²) in [5.41, 5.74) is 4.05. The van der Waals surface area contributed by atoms with Crippen molar-refractivity contribution in [2.45, 2.75) is 31.8 Å². The van der Waals surface area contributed by atoms with Gasteiger partial charge in [0.25, 0.3) is 5.91 Å². The standard InChI is InChI=1S/C25H26N8O2/c1-32-21-8-4-7-19(18(21)9-10-23(32)34)29-25(35)16-5-3-6-17(13-16)27-14-22-30-31-24(33(22)2)20-11-12-26-15-28-20/h3,5-6,9-13,15,19,27H,4,7-8,14H2,1-2H3,(H,29,35). The second-order valence-corrected chi connectivity index (χ2v) is 8.58. The molecule has 10 nitrogen and oxygen atoms in total. The van der Waals surface area contributed by atoms with Crippen LogP contribution in [-0.2, 0) is 27.1 Å². The predicted octanol–water partition coefficient (Wildman–Crippen LogP) is 2.39. The van der Waals surface area contributed by atoms with Crippen LogP contribution in [0.4, 0.5) is 5.69 Å². The van der Waals surface area contributed by atoms with Crippen LogP contribution in [0.1, 0.15) is 46.3 Å². The van der Waals surface area contributed by atoms with Gasteiger partial charge in [0.1, 0.15) is 12.0 Å². The van der Waals surface area contributed by atoms with Gasteiger partial charge in [-0.2, -0.15) is 0 Å². The SMILES string of the molecule is Cn1c(CNc2cccc(C(=O)NC3CCCc4c3ccc(=O)n4C)c2)nnc1-c1ccncn1. The third-order valence-corrected chi connectivity index (χ3v) is 6.41. The zero-order valence-corrected chi connectivity index (χ0v) is 19.6. The number of rotatable bonds is 6. The molecule has 0 aliphatic heterocycles. The molecule has 0 bridgehead atoms. The number of nitrogens with one attached hydrogen (secondary N) is 2. The number of anilines is 1. The number of aromatic nitrogens is 6. The Bertz CT molecular complexity index is 1430. The Hall–Kier alpha value is -4.34. The maximum absolute atomic E-state index is 13.1. The van der Waals surface area contributed by atoms with Crippen molar-refractivity contribution in [3.63, 3.8) is 0 Å². The molecule has 3 heterocycles. The molecule has 0 saturated heterocycles. The number of hydrogen-bond donors (Lipinski definition) is 2. The minimum Gasteiger partial charge on any atom is -0.378 e. The molecule has 0 radical (unpaired) electrons. The van der Waals surface area contributed by atoms with Crippen LogP contribution < -0.4 is 16.2 Å². The van der Waals surface area contributed by atoms with E-state index in [1.54, 1.807) is 36.0 Å². The third-order valence-electron chi connectivity index (χ3n) is 6.41. The van der Waals surface area contributed by atoms with Gasteiger partial charge in [-0.25, -0.2) is 9.97 Å². The first-order valence-electron chi connectivity index (χ1n) is 11.5. The summed E-state index contributed by atoms with van der Waals surface area (Å²) in [4.78, 5) is 33.2. The van der Waals surface area contributed by atoms with Gasteiger partial charge >= 0.3 is 0 Å². The molecule has 1 aliphatic carbocycles. The first-order chi connectivity index (χ1) is 17.0. The molecule has 178 valence electrons. The summed E-state index contributed by atoms with van der Waals surface area (Å²) in [6, 6.07) is 12.4. The van der Waals surface area contributed by atoms with Crippen molar-refractivity contribution in [1.82, 2.24) is 34.6 Å². The molecule has 1 atom stereocenters. The smallest absolute Gasteiger partial charge is 0.251 e. The molecule has 4 aromatic rings. The van der Waals surface area contributed by atoms with Gasteiger partial charge in [-0.1, -0.05) is 6.07 Å². The zero-order chi connectivity index (χ0) is 24.4. The Morgan fingerprint density at radius 2 is 2.00 bits per heavy atom. The Kier molecular flexibility index (Phi) is 6.09. The Morgan fingerprint density at radius 3 is 2.83 bits per heavy atom. The Balaban J connectivity index is 1.27. The number of benzene rings is 1. The lowest BCUT2D eigenvalue weighted by Gasteiger charge is -2.27. The fourth-order valence-corrected chi connectivity index (χ4v) is 4.46.